The Hall–Kier alpha value is -3.94. The van der Waals surface area contributed by atoms with Gasteiger partial charge in [0, 0.05) is 35.2 Å². The number of benzene rings is 2. The number of Topliss-reactive ketones (excluding diaryl/α,β-unsaturated/α-hetero) is 1. The zero-order valence-electron chi connectivity index (χ0n) is 22.8. The molecule has 0 unspecified atom stereocenters. The van der Waals surface area contributed by atoms with E-state index in [2.05, 4.69) is 5.32 Å². The first-order valence-electron chi connectivity index (χ1n) is 12.7. The van der Waals surface area contributed by atoms with Crippen LogP contribution in [0.3, 0.4) is 0 Å². The van der Waals surface area contributed by atoms with Crippen molar-refractivity contribution in [3.63, 3.8) is 0 Å². The van der Waals surface area contributed by atoms with Gasteiger partial charge in [0.2, 0.25) is 5.75 Å². The Bertz CT molecular complexity index is 1270. The second-order valence-corrected chi connectivity index (χ2v) is 9.35. The van der Waals surface area contributed by atoms with Crippen LogP contribution in [0.2, 0.25) is 0 Å². The van der Waals surface area contributed by atoms with E-state index in [0.29, 0.717) is 52.5 Å². The lowest BCUT2D eigenvalue weighted by Crippen LogP contribution is -2.36. The van der Waals surface area contributed by atoms with Crippen molar-refractivity contribution in [1.82, 2.24) is 5.32 Å². The minimum absolute atomic E-state index is 0.0401. The fraction of sp³-hybridized carbons (Fsp3) is 0.400. The van der Waals surface area contributed by atoms with E-state index >= 15 is 0 Å². The summed E-state index contributed by atoms with van der Waals surface area (Å²) in [5.41, 5.74) is 4.06. The molecule has 0 saturated heterocycles. The van der Waals surface area contributed by atoms with E-state index < -0.39 is 11.9 Å². The van der Waals surface area contributed by atoms with Crippen molar-refractivity contribution in [2.24, 2.45) is 0 Å². The quantitative estimate of drug-likeness (QED) is 0.459. The zero-order chi connectivity index (χ0) is 27.4. The van der Waals surface area contributed by atoms with Gasteiger partial charge >= 0.3 is 5.97 Å². The van der Waals surface area contributed by atoms with Gasteiger partial charge in [0.15, 0.2) is 17.3 Å². The van der Waals surface area contributed by atoms with E-state index in [-0.39, 0.29) is 24.7 Å². The Balaban J connectivity index is 1.87. The molecule has 4 rings (SSSR count). The van der Waals surface area contributed by atoms with Gasteiger partial charge in [-0.05, 0) is 49.1 Å². The molecule has 8 nitrogen and oxygen atoms in total. The van der Waals surface area contributed by atoms with Gasteiger partial charge in [-0.1, -0.05) is 25.1 Å². The third-order valence-electron chi connectivity index (χ3n) is 7.08. The fourth-order valence-corrected chi connectivity index (χ4v) is 5.41. The van der Waals surface area contributed by atoms with Crippen LogP contribution in [0.15, 0.2) is 58.9 Å². The lowest BCUT2D eigenvalue weighted by atomic mass is 9.71. The van der Waals surface area contributed by atoms with Crippen LogP contribution >= 0.6 is 0 Å². The molecule has 8 heteroatoms. The van der Waals surface area contributed by atoms with Gasteiger partial charge in [0.25, 0.3) is 0 Å². The summed E-state index contributed by atoms with van der Waals surface area (Å²) in [5, 5.41) is 3.38. The van der Waals surface area contributed by atoms with Gasteiger partial charge < -0.3 is 29.0 Å². The standard InChI is InChI=1S/C30H35NO7/c1-7-12-38-30(33)26-17(2)31-21-13-18(20-10-8-9-11-23(20)34-3)14-22(32)28(21)27(26)19-15-24(35-4)29(37-6)25(16-19)36-5/h8-11,15-16,18,27,31H,7,12-14H2,1-6H3/t18-,27-/m0/s1. The SMILES string of the molecule is CCCOC(=O)C1=C(C)NC2=C(C(=O)C[C@@H](c3ccccc3OC)C2)[C@H]1c1cc(OC)c(OC)c(OC)c1. The maximum Gasteiger partial charge on any atom is 0.336 e. The number of nitrogens with one attached hydrogen (secondary N) is 1. The van der Waals surface area contributed by atoms with Crippen LogP contribution in [0, 0.1) is 0 Å². The predicted molar refractivity (Wildman–Crippen MR) is 143 cm³/mol. The predicted octanol–water partition coefficient (Wildman–Crippen LogP) is 5.04. The van der Waals surface area contributed by atoms with E-state index in [4.69, 9.17) is 23.7 Å². The highest BCUT2D eigenvalue weighted by atomic mass is 16.5. The molecule has 0 fully saturated rings. The first kappa shape index (κ1) is 27.1. The van der Waals surface area contributed by atoms with E-state index in [0.717, 1.165) is 17.0 Å². The van der Waals surface area contributed by atoms with Crippen LogP contribution in [-0.4, -0.2) is 46.8 Å². The first-order valence-corrected chi connectivity index (χ1v) is 12.7. The third-order valence-corrected chi connectivity index (χ3v) is 7.08. The average Bonchev–Trinajstić information content (AvgIpc) is 2.93. The molecule has 0 aromatic heterocycles. The maximum absolute atomic E-state index is 13.9. The summed E-state index contributed by atoms with van der Waals surface area (Å²) >= 11 is 0. The molecule has 1 aliphatic carbocycles. The van der Waals surface area contributed by atoms with Crippen LogP contribution in [0.4, 0.5) is 0 Å². The summed E-state index contributed by atoms with van der Waals surface area (Å²) in [7, 11) is 6.24. The van der Waals surface area contributed by atoms with Crippen molar-refractivity contribution >= 4 is 11.8 Å². The number of esters is 1. The van der Waals surface area contributed by atoms with Crippen LogP contribution in [0.5, 0.6) is 23.0 Å². The number of hydrogen-bond donors (Lipinski definition) is 1. The normalized spacial score (nSPS) is 18.9. The summed E-state index contributed by atoms with van der Waals surface area (Å²) in [6.45, 7) is 4.06. The molecule has 1 heterocycles. The number of methoxy groups -OCH3 is 4. The summed E-state index contributed by atoms with van der Waals surface area (Å²) in [5.74, 6) is 0.852. The molecule has 0 bridgehead atoms. The minimum atomic E-state index is -0.657. The first-order chi connectivity index (χ1) is 18.4. The highest BCUT2D eigenvalue weighted by Crippen LogP contribution is 2.49. The van der Waals surface area contributed by atoms with E-state index in [1.165, 1.54) is 21.3 Å². The summed E-state index contributed by atoms with van der Waals surface area (Å²) in [4.78, 5) is 27.3. The Morgan fingerprint density at radius 2 is 1.61 bits per heavy atom. The van der Waals surface area contributed by atoms with Gasteiger partial charge in [0.1, 0.15) is 5.75 Å². The molecule has 2 aromatic rings. The zero-order valence-corrected chi connectivity index (χ0v) is 22.8. The van der Waals surface area contributed by atoms with Crippen molar-refractivity contribution in [2.75, 3.05) is 35.0 Å². The van der Waals surface area contributed by atoms with Crippen molar-refractivity contribution < 1.29 is 33.3 Å². The van der Waals surface area contributed by atoms with Crippen molar-refractivity contribution in [1.29, 1.82) is 0 Å². The Labute approximate surface area is 223 Å². The lowest BCUT2D eigenvalue weighted by molar-refractivity contribution is -0.139. The Morgan fingerprint density at radius 3 is 2.21 bits per heavy atom. The number of para-hydroxylation sites is 1. The largest absolute Gasteiger partial charge is 0.496 e. The molecule has 1 aliphatic heterocycles. The highest BCUT2D eigenvalue weighted by molar-refractivity contribution is 6.04. The number of carbonyl (C=O) groups is 2. The van der Waals surface area contributed by atoms with Gasteiger partial charge in [0.05, 0.1) is 40.6 Å². The second-order valence-electron chi connectivity index (χ2n) is 9.35. The molecule has 2 aliphatic rings. The van der Waals surface area contributed by atoms with Crippen molar-refractivity contribution in [3.8, 4) is 23.0 Å². The molecule has 0 amide bonds. The third kappa shape index (κ3) is 4.95. The number of carbonyl (C=O) groups excluding carboxylic acids is 2. The fourth-order valence-electron chi connectivity index (χ4n) is 5.41. The second kappa shape index (κ2) is 11.6. The smallest absolute Gasteiger partial charge is 0.336 e. The highest BCUT2D eigenvalue weighted by Gasteiger charge is 2.42. The van der Waals surface area contributed by atoms with E-state index in [1.807, 2.05) is 38.1 Å². The van der Waals surface area contributed by atoms with Gasteiger partial charge in [-0.3, -0.25) is 4.79 Å². The van der Waals surface area contributed by atoms with Gasteiger partial charge in [-0.15, -0.1) is 0 Å². The van der Waals surface area contributed by atoms with Crippen LogP contribution in [0.1, 0.15) is 56.1 Å². The number of rotatable bonds is 9. The number of allylic oxidation sites excluding steroid dienone is 3. The van der Waals surface area contributed by atoms with Crippen LogP contribution < -0.4 is 24.3 Å². The summed E-state index contributed by atoms with van der Waals surface area (Å²) in [6, 6.07) is 11.4. The molecule has 0 saturated carbocycles. The topological polar surface area (TPSA) is 92.3 Å². The van der Waals surface area contributed by atoms with E-state index in [9.17, 15) is 9.59 Å². The molecule has 202 valence electrons. The lowest BCUT2D eigenvalue weighted by Gasteiger charge is -2.37. The number of ether oxygens (including phenoxy) is 5. The van der Waals surface area contributed by atoms with Crippen molar-refractivity contribution in [3.05, 3.63) is 70.1 Å². The number of hydrogen-bond acceptors (Lipinski definition) is 8. The molecular weight excluding hydrogens is 486 g/mol. The number of dihydropyridines is 1. The summed E-state index contributed by atoms with van der Waals surface area (Å²) < 4.78 is 27.8. The Morgan fingerprint density at radius 1 is 0.947 bits per heavy atom. The summed E-state index contributed by atoms with van der Waals surface area (Å²) in [6.07, 6.45) is 1.57. The van der Waals surface area contributed by atoms with Crippen molar-refractivity contribution in [2.45, 2.75) is 44.9 Å². The van der Waals surface area contributed by atoms with Crippen LogP contribution in [0.25, 0.3) is 0 Å². The van der Waals surface area contributed by atoms with Gasteiger partial charge in [-0.2, -0.15) is 0 Å². The molecule has 2 aromatic carbocycles. The molecule has 2 atom stereocenters. The maximum atomic E-state index is 13.9. The molecule has 0 radical (unpaired) electrons. The molecule has 38 heavy (non-hydrogen) atoms. The average molecular weight is 522 g/mol. The number of ketones is 1. The van der Waals surface area contributed by atoms with E-state index in [1.54, 1.807) is 19.2 Å². The van der Waals surface area contributed by atoms with Gasteiger partial charge in [-0.25, -0.2) is 4.79 Å². The minimum Gasteiger partial charge on any atom is -0.496 e. The molecule has 0 spiro atoms. The Kier molecular flexibility index (Phi) is 8.29. The molecule has 1 N–H and O–H groups in total. The molecular formula is C30H35NO7. The monoisotopic (exact) mass is 521 g/mol. The van der Waals surface area contributed by atoms with Crippen LogP contribution in [-0.2, 0) is 14.3 Å².